The van der Waals surface area contributed by atoms with Gasteiger partial charge in [0.25, 0.3) is 10.0 Å². The topological polar surface area (TPSA) is 105 Å². The van der Waals surface area contributed by atoms with Crippen LogP contribution in [-0.2, 0) is 19.6 Å². The fraction of sp³-hybridized carbons (Fsp3) is 0.389. The van der Waals surface area contributed by atoms with Crippen molar-refractivity contribution in [1.82, 2.24) is 4.98 Å². The molecule has 1 fully saturated rings. The monoisotopic (exact) mass is 407 g/mol. The summed E-state index contributed by atoms with van der Waals surface area (Å²) >= 11 is 1.18. The van der Waals surface area contributed by atoms with Gasteiger partial charge in [-0.15, -0.1) is 11.3 Å². The quantitative estimate of drug-likeness (QED) is 0.765. The largest absolute Gasteiger partial charge is 0.326 e. The van der Waals surface area contributed by atoms with Crippen molar-refractivity contribution < 1.29 is 18.0 Å². The average Bonchev–Trinajstić information content (AvgIpc) is 3.06. The third kappa shape index (κ3) is 3.89. The van der Waals surface area contributed by atoms with Crippen molar-refractivity contribution in [1.29, 1.82) is 0 Å². The van der Waals surface area contributed by atoms with E-state index in [1.54, 1.807) is 24.4 Å². The van der Waals surface area contributed by atoms with Crippen molar-refractivity contribution in [2.75, 3.05) is 10.0 Å². The normalized spacial score (nSPS) is 21.1. The van der Waals surface area contributed by atoms with Gasteiger partial charge in [-0.3, -0.25) is 14.3 Å². The molecule has 3 rings (SSSR count). The molecular weight excluding hydrogens is 386 g/mol. The van der Waals surface area contributed by atoms with Crippen LogP contribution in [0.1, 0.15) is 27.2 Å². The molecule has 0 radical (unpaired) electrons. The minimum Gasteiger partial charge on any atom is -0.326 e. The van der Waals surface area contributed by atoms with Crippen LogP contribution in [0.2, 0.25) is 0 Å². The molecule has 0 spiro atoms. The molecule has 1 aliphatic rings. The maximum Gasteiger partial charge on any atom is 0.263 e. The molecule has 1 amide bonds. The second-order valence-corrected chi connectivity index (χ2v) is 9.81. The van der Waals surface area contributed by atoms with Crippen LogP contribution in [-0.4, -0.2) is 25.1 Å². The molecule has 1 saturated carbocycles. The summed E-state index contributed by atoms with van der Waals surface area (Å²) in [5.41, 5.74) is -0.0180. The van der Waals surface area contributed by atoms with Gasteiger partial charge >= 0.3 is 0 Å². The first-order valence-corrected chi connectivity index (χ1v) is 10.8. The van der Waals surface area contributed by atoms with Gasteiger partial charge in [-0.2, -0.15) is 0 Å². The number of sulfonamides is 1. The number of carbonyl (C=O) groups is 2. The molecule has 2 aromatic rings. The highest BCUT2D eigenvalue weighted by Crippen LogP contribution is 2.52. The zero-order valence-electron chi connectivity index (χ0n) is 15.2. The van der Waals surface area contributed by atoms with Crippen molar-refractivity contribution in [2.45, 2.75) is 32.1 Å². The molecule has 1 heterocycles. The number of aromatic nitrogens is 1. The first-order chi connectivity index (χ1) is 12.6. The van der Waals surface area contributed by atoms with Crippen LogP contribution in [0, 0.1) is 17.3 Å². The van der Waals surface area contributed by atoms with Gasteiger partial charge in [0.1, 0.15) is 5.78 Å². The van der Waals surface area contributed by atoms with Crippen LogP contribution in [0.4, 0.5) is 10.8 Å². The number of ketones is 1. The molecule has 0 unspecified atom stereocenters. The molecule has 1 aromatic carbocycles. The number of rotatable bonds is 6. The summed E-state index contributed by atoms with van der Waals surface area (Å²) in [5.74, 6) is -0.534. The Labute approximate surface area is 162 Å². The molecule has 2 N–H and O–H groups in total. The van der Waals surface area contributed by atoms with E-state index in [9.17, 15) is 18.0 Å². The zero-order chi connectivity index (χ0) is 19.8. The third-order valence-corrected chi connectivity index (χ3v) is 7.30. The minimum atomic E-state index is -3.79. The van der Waals surface area contributed by atoms with Gasteiger partial charge in [0.2, 0.25) is 5.91 Å². The van der Waals surface area contributed by atoms with E-state index >= 15 is 0 Å². The number of Topliss-reactive ketones (excluding diaryl/α,β-unsaturated/α-hetero) is 1. The van der Waals surface area contributed by atoms with E-state index in [1.807, 2.05) is 13.8 Å². The molecule has 0 saturated heterocycles. The molecule has 7 nitrogen and oxygen atoms in total. The number of thiazole rings is 1. The highest BCUT2D eigenvalue weighted by molar-refractivity contribution is 7.93. The number of carbonyl (C=O) groups excluding carboxylic acids is 2. The lowest BCUT2D eigenvalue weighted by Crippen LogP contribution is -2.53. The van der Waals surface area contributed by atoms with E-state index in [-0.39, 0.29) is 33.6 Å². The molecule has 27 heavy (non-hydrogen) atoms. The first kappa shape index (κ1) is 19.5. The lowest BCUT2D eigenvalue weighted by Gasteiger charge is -2.49. The highest BCUT2D eigenvalue weighted by Gasteiger charge is 2.53. The Morgan fingerprint density at radius 3 is 2.59 bits per heavy atom. The van der Waals surface area contributed by atoms with E-state index in [0.717, 1.165) is 0 Å². The van der Waals surface area contributed by atoms with Crippen molar-refractivity contribution in [3.63, 3.8) is 0 Å². The molecule has 9 heteroatoms. The molecule has 1 aliphatic carbocycles. The van der Waals surface area contributed by atoms with E-state index in [2.05, 4.69) is 15.0 Å². The Bertz CT molecular complexity index is 968. The van der Waals surface area contributed by atoms with Crippen LogP contribution < -0.4 is 10.0 Å². The predicted molar refractivity (Wildman–Crippen MR) is 104 cm³/mol. The molecule has 2 atom stereocenters. The van der Waals surface area contributed by atoms with E-state index in [1.165, 1.54) is 29.7 Å². The Balaban J connectivity index is 1.73. The van der Waals surface area contributed by atoms with Crippen LogP contribution in [0.25, 0.3) is 0 Å². The molecule has 144 valence electrons. The summed E-state index contributed by atoms with van der Waals surface area (Å²) in [7, 11) is -3.79. The van der Waals surface area contributed by atoms with Crippen LogP contribution in [0.15, 0.2) is 40.7 Å². The van der Waals surface area contributed by atoms with Crippen molar-refractivity contribution >= 4 is 43.9 Å². The predicted octanol–water partition coefficient (Wildman–Crippen LogP) is 3.13. The zero-order valence-corrected chi connectivity index (χ0v) is 16.9. The van der Waals surface area contributed by atoms with Crippen LogP contribution in [0.5, 0.6) is 0 Å². The number of anilines is 2. The standard InChI is InChI=1S/C18H21N3O4S2/c1-11(22)14-10-15(18(14,2)3)16(23)20-12-5-4-6-13(9-12)27(24,25)21-17-19-7-8-26-17/h4-9,14-15H,10H2,1-3H3,(H,19,21)(H,20,23)/t14-,15+/m0/s1. The van der Waals surface area contributed by atoms with Gasteiger partial charge in [-0.1, -0.05) is 19.9 Å². The fourth-order valence-corrected chi connectivity index (χ4v) is 5.31. The second kappa shape index (κ2) is 7.05. The van der Waals surface area contributed by atoms with Gasteiger partial charge in [0.15, 0.2) is 5.13 Å². The van der Waals surface area contributed by atoms with Crippen molar-refractivity contribution in [3.8, 4) is 0 Å². The Hall–Kier alpha value is -2.26. The minimum absolute atomic E-state index is 0.0324. The van der Waals surface area contributed by atoms with Gasteiger partial charge in [0.05, 0.1) is 4.90 Å². The van der Waals surface area contributed by atoms with Crippen molar-refractivity contribution in [2.24, 2.45) is 17.3 Å². The fourth-order valence-electron chi connectivity index (χ4n) is 3.48. The number of hydrogen-bond donors (Lipinski definition) is 2. The number of benzene rings is 1. The maximum atomic E-state index is 12.6. The molecule has 1 aromatic heterocycles. The summed E-state index contributed by atoms with van der Waals surface area (Å²) in [5, 5.41) is 4.72. The lowest BCUT2D eigenvalue weighted by atomic mass is 9.53. The van der Waals surface area contributed by atoms with Crippen molar-refractivity contribution in [3.05, 3.63) is 35.8 Å². The summed E-state index contributed by atoms with van der Waals surface area (Å²) in [6.45, 7) is 5.36. The van der Waals surface area contributed by atoms with E-state index in [4.69, 9.17) is 0 Å². The number of hydrogen-bond acceptors (Lipinski definition) is 6. The summed E-state index contributed by atoms with van der Waals surface area (Å²) < 4.78 is 27.3. The first-order valence-electron chi connectivity index (χ1n) is 8.45. The molecular formula is C18H21N3O4S2. The van der Waals surface area contributed by atoms with Crippen LogP contribution >= 0.6 is 11.3 Å². The second-order valence-electron chi connectivity index (χ2n) is 7.23. The Morgan fingerprint density at radius 1 is 1.26 bits per heavy atom. The Morgan fingerprint density at radius 2 is 2.00 bits per heavy atom. The van der Waals surface area contributed by atoms with Gasteiger partial charge in [0, 0.05) is 29.1 Å². The van der Waals surface area contributed by atoms with Gasteiger partial charge in [-0.25, -0.2) is 13.4 Å². The number of nitrogens with one attached hydrogen (secondary N) is 2. The average molecular weight is 408 g/mol. The van der Waals surface area contributed by atoms with E-state index in [0.29, 0.717) is 12.1 Å². The van der Waals surface area contributed by atoms with Gasteiger partial charge < -0.3 is 5.32 Å². The number of amides is 1. The highest BCUT2D eigenvalue weighted by atomic mass is 32.2. The van der Waals surface area contributed by atoms with Crippen LogP contribution in [0.3, 0.4) is 0 Å². The number of nitrogens with zero attached hydrogens (tertiary/aromatic N) is 1. The van der Waals surface area contributed by atoms with Gasteiger partial charge in [-0.05, 0) is 37.0 Å². The summed E-state index contributed by atoms with van der Waals surface area (Å²) in [4.78, 5) is 28.2. The third-order valence-electron chi connectivity index (χ3n) is 5.14. The Kier molecular flexibility index (Phi) is 5.09. The summed E-state index contributed by atoms with van der Waals surface area (Å²) in [6.07, 6.45) is 2.02. The van der Waals surface area contributed by atoms with E-state index < -0.39 is 15.4 Å². The summed E-state index contributed by atoms with van der Waals surface area (Å²) in [6, 6.07) is 6.05. The maximum absolute atomic E-state index is 12.6. The molecule has 0 bridgehead atoms. The lowest BCUT2D eigenvalue weighted by molar-refractivity contribution is -0.145. The smallest absolute Gasteiger partial charge is 0.263 e. The molecule has 0 aliphatic heterocycles. The SMILES string of the molecule is CC(=O)[C@@H]1C[C@H](C(=O)Nc2cccc(S(=O)(=O)Nc3nccs3)c2)C1(C)C.